The summed E-state index contributed by atoms with van der Waals surface area (Å²) in [7, 11) is 2.86. The van der Waals surface area contributed by atoms with Gasteiger partial charge in [0, 0.05) is 31.0 Å². The Morgan fingerprint density at radius 2 is 1.68 bits per heavy atom. The van der Waals surface area contributed by atoms with Crippen molar-refractivity contribution in [3.05, 3.63) is 71.4 Å². The number of pyridine rings is 1. The second-order valence-electron chi connectivity index (χ2n) is 7.05. The molecular formula is C24H23F2NO4. The van der Waals surface area contributed by atoms with Crippen molar-refractivity contribution in [3.63, 3.8) is 0 Å². The molecule has 31 heavy (non-hydrogen) atoms. The van der Waals surface area contributed by atoms with E-state index in [1.165, 1.54) is 31.4 Å². The van der Waals surface area contributed by atoms with E-state index in [2.05, 4.69) is 4.98 Å². The summed E-state index contributed by atoms with van der Waals surface area (Å²) >= 11 is 0. The molecule has 0 aliphatic heterocycles. The number of rotatable bonds is 9. The third-order valence-corrected chi connectivity index (χ3v) is 4.93. The smallest absolute Gasteiger partial charge is 0.335 e. The van der Waals surface area contributed by atoms with Gasteiger partial charge >= 0.3 is 5.97 Å². The van der Waals surface area contributed by atoms with Gasteiger partial charge in [-0.2, -0.15) is 0 Å². The van der Waals surface area contributed by atoms with Gasteiger partial charge in [-0.1, -0.05) is 12.1 Å². The zero-order chi connectivity index (χ0) is 22.4. The molecule has 0 saturated heterocycles. The van der Waals surface area contributed by atoms with E-state index >= 15 is 0 Å². The number of methoxy groups -OCH3 is 2. The Balaban J connectivity index is 2.06. The Bertz CT molecular complexity index is 1040. The third-order valence-electron chi connectivity index (χ3n) is 4.93. The van der Waals surface area contributed by atoms with Crippen LogP contribution in [0.5, 0.6) is 5.75 Å². The third kappa shape index (κ3) is 5.24. The molecule has 0 atom stereocenters. The second kappa shape index (κ2) is 10.1. The van der Waals surface area contributed by atoms with Gasteiger partial charge in [0.05, 0.1) is 18.4 Å². The van der Waals surface area contributed by atoms with Crippen LogP contribution in [0, 0.1) is 11.6 Å². The first-order valence-electron chi connectivity index (χ1n) is 9.79. The van der Waals surface area contributed by atoms with Crippen LogP contribution >= 0.6 is 0 Å². The summed E-state index contributed by atoms with van der Waals surface area (Å²) in [5, 5.41) is 9.16. The summed E-state index contributed by atoms with van der Waals surface area (Å²) in [4.78, 5) is 15.7. The summed E-state index contributed by atoms with van der Waals surface area (Å²) in [5.74, 6) is -3.13. The summed E-state index contributed by atoms with van der Waals surface area (Å²) in [6.07, 6.45) is 4.26. The average Bonchev–Trinajstić information content (AvgIpc) is 2.76. The largest absolute Gasteiger partial charge is 0.491 e. The number of hydrogen-bond donors (Lipinski definition) is 1. The average molecular weight is 427 g/mol. The zero-order valence-electron chi connectivity index (χ0n) is 17.3. The molecule has 2 aromatic carbocycles. The number of nitrogens with zero attached hydrogens (tertiary/aromatic N) is 1. The molecule has 3 aromatic rings. The van der Waals surface area contributed by atoms with E-state index in [9.17, 15) is 13.6 Å². The molecule has 1 aromatic heterocycles. The Morgan fingerprint density at radius 3 is 2.26 bits per heavy atom. The maximum Gasteiger partial charge on any atom is 0.335 e. The molecule has 0 bridgehead atoms. The number of halogens is 2. The molecule has 0 spiro atoms. The van der Waals surface area contributed by atoms with Gasteiger partial charge in [-0.25, -0.2) is 13.6 Å². The van der Waals surface area contributed by atoms with Crippen LogP contribution < -0.4 is 4.74 Å². The number of carboxylic acids is 1. The van der Waals surface area contributed by atoms with Crippen LogP contribution in [0.25, 0.3) is 22.4 Å². The number of carbonyl (C=O) groups is 1. The van der Waals surface area contributed by atoms with E-state index in [1.54, 1.807) is 25.4 Å². The van der Waals surface area contributed by atoms with E-state index < -0.39 is 23.4 Å². The molecule has 162 valence electrons. The number of aryl methyl sites for hydroxylation is 1. The fourth-order valence-corrected chi connectivity index (χ4v) is 3.35. The van der Waals surface area contributed by atoms with Crippen LogP contribution in [0.4, 0.5) is 8.78 Å². The van der Waals surface area contributed by atoms with Crippen molar-refractivity contribution in [2.45, 2.75) is 19.3 Å². The van der Waals surface area contributed by atoms with Gasteiger partial charge in [-0.15, -0.1) is 0 Å². The lowest BCUT2D eigenvalue weighted by Gasteiger charge is -2.13. The fourth-order valence-electron chi connectivity index (χ4n) is 3.35. The normalized spacial score (nSPS) is 10.8. The first kappa shape index (κ1) is 22.4. The van der Waals surface area contributed by atoms with Crippen LogP contribution in [0.3, 0.4) is 0 Å². The summed E-state index contributed by atoms with van der Waals surface area (Å²) in [6, 6.07) is 10.6. The van der Waals surface area contributed by atoms with Crippen molar-refractivity contribution in [2.24, 2.45) is 0 Å². The monoisotopic (exact) mass is 427 g/mol. The summed E-state index contributed by atoms with van der Waals surface area (Å²) < 4.78 is 38.5. The molecule has 1 N–H and O–H groups in total. The molecule has 5 nitrogen and oxygen atoms in total. The van der Waals surface area contributed by atoms with Crippen LogP contribution in [-0.2, 0) is 11.2 Å². The van der Waals surface area contributed by atoms with Crippen molar-refractivity contribution >= 4 is 5.97 Å². The maximum absolute atomic E-state index is 14.3. The van der Waals surface area contributed by atoms with E-state index in [0.717, 1.165) is 24.8 Å². The number of ether oxygens (including phenoxy) is 2. The zero-order valence-corrected chi connectivity index (χ0v) is 17.3. The Hall–Kier alpha value is -3.32. The number of unbranched alkanes of at least 4 members (excludes halogenated alkanes) is 1. The molecule has 3 rings (SSSR count). The first-order chi connectivity index (χ1) is 14.9. The van der Waals surface area contributed by atoms with Crippen LogP contribution in [-0.4, -0.2) is 36.9 Å². The predicted octanol–water partition coefficient (Wildman–Crippen LogP) is 5.37. The predicted molar refractivity (Wildman–Crippen MR) is 113 cm³/mol. The van der Waals surface area contributed by atoms with E-state index in [0.29, 0.717) is 23.4 Å². The highest BCUT2D eigenvalue weighted by Gasteiger charge is 2.17. The molecular weight excluding hydrogens is 404 g/mol. The summed E-state index contributed by atoms with van der Waals surface area (Å²) in [5.41, 5.74) is 3.12. The lowest BCUT2D eigenvalue weighted by atomic mass is 9.95. The van der Waals surface area contributed by atoms with Crippen molar-refractivity contribution in [1.82, 2.24) is 4.98 Å². The lowest BCUT2D eigenvalue weighted by Crippen LogP contribution is -1.99. The maximum atomic E-state index is 14.3. The number of aromatic nitrogens is 1. The summed E-state index contributed by atoms with van der Waals surface area (Å²) in [6.45, 7) is 0.666. The van der Waals surface area contributed by atoms with Crippen LogP contribution in [0.2, 0.25) is 0 Å². The quantitative estimate of drug-likeness (QED) is 0.465. The highest BCUT2D eigenvalue weighted by molar-refractivity contribution is 5.89. The molecule has 0 amide bonds. The van der Waals surface area contributed by atoms with Gasteiger partial charge in [-0.3, -0.25) is 4.98 Å². The minimum atomic E-state index is -1.03. The van der Waals surface area contributed by atoms with Crippen molar-refractivity contribution in [2.75, 3.05) is 20.8 Å². The van der Waals surface area contributed by atoms with E-state index in [4.69, 9.17) is 14.6 Å². The number of aromatic carboxylic acids is 1. The van der Waals surface area contributed by atoms with Gasteiger partial charge in [0.2, 0.25) is 0 Å². The van der Waals surface area contributed by atoms with Crippen molar-refractivity contribution < 1.29 is 28.2 Å². The topological polar surface area (TPSA) is 68.7 Å². The standard InChI is InChI=1S/C24H23F2NO4/c1-30-10-4-3-5-15-11-19(16-6-8-17(9-7-16)24(28)29)22(27-14-15)18-12-20(25)23(31-2)21(26)13-18/h6-9,11-14H,3-5,10H2,1-2H3,(H,28,29). The SMILES string of the molecule is COCCCCc1cnc(-c2cc(F)c(OC)c(F)c2)c(-c2ccc(C(=O)O)cc2)c1. The molecule has 0 unspecified atom stereocenters. The molecule has 0 fully saturated rings. The minimum Gasteiger partial charge on any atom is -0.491 e. The number of benzene rings is 2. The molecule has 0 saturated carbocycles. The van der Waals surface area contributed by atoms with Crippen molar-refractivity contribution in [1.29, 1.82) is 0 Å². The van der Waals surface area contributed by atoms with Gasteiger partial charge in [0.1, 0.15) is 0 Å². The van der Waals surface area contributed by atoms with Gasteiger partial charge in [0.15, 0.2) is 17.4 Å². The molecule has 0 radical (unpaired) electrons. The first-order valence-corrected chi connectivity index (χ1v) is 9.79. The molecule has 7 heteroatoms. The van der Waals surface area contributed by atoms with Crippen molar-refractivity contribution in [3.8, 4) is 28.1 Å². The van der Waals surface area contributed by atoms with E-state index in [1.807, 2.05) is 6.07 Å². The highest BCUT2D eigenvalue weighted by Crippen LogP contribution is 2.35. The molecule has 0 aliphatic carbocycles. The Kier molecular flexibility index (Phi) is 7.31. The minimum absolute atomic E-state index is 0.149. The van der Waals surface area contributed by atoms with E-state index in [-0.39, 0.29) is 11.1 Å². The van der Waals surface area contributed by atoms with Crippen LogP contribution in [0.15, 0.2) is 48.7 Å². The van der Waals surface area contributed by atoms with Gasteiger partial charge in [-0.05, 0) is 60.7 Å². The highest BCUT2D eigenvalue weighted by atomic mass is 19.1. The van der Waals surface area contributed by atoms with Gasteiger partial charge < -0.3 is 14.6 Å². The lowest BCUT2D eigenvalue weighted by molar-refractivity contribution is 0.0697. The Labute approximate surface area is 179 Å². The molecule has 0 aliphatic rings. The number of hydrogen-bond acceptors (Lipinski definition) is 4. The molecule has 1 heterocycles. The van der Waals surface area contributed by atoms with Crippen LogP contribution in [0.1, 0.15) is 28.8 Å². The van der Waals surface area contributed by atoms with Gasteiger partial charge in [0.25, 0.3) is 0 Å². The fraction of sp³-hybridized carbons (Fsp3) is 0.250. The second-order valence-corrected chi connectivity index (χ2v) is 7.05. The number of carboxylic acid groups (broad SMARTS) is 1. The Morgan fingerprint density at radius 1 is 1.00 bits per heavy atom.